The van der Waals surface area contributed by atoms with Crippen molar-refractivity contribution >= 4 is 17.6 Å². The molecule has 6 nitrogen and oxygen atoms in total. The van der Waals surface area contributed by atoms with Crippen molar-refractivity contribution in [2.75, 3.05) is 25.2 Å². The van der Waals surface area contributed by atoms with Crippen molar-refractivity contribution in [2.24, 2.45) is 0 Å². The molecular weight excluding hydrogens is 322 g/mol. The van der Waals surface area contributed by atoms with Crippen LogP contribution in [0.2, 0.25) is 0 Å². The number of carbonyl (C=O) groups excluding carboxylic acids is 1. The lowest BCUT2D eigenvalue weighted by atomic mass is 10.1. The molecule has 0 saturated carbocycles. The van der Waals surface area contributed by atoms with Gasteiger partial charge in [-0.15, -0.1) is 0 Å². The van der Waals surface area contributed by atoms with Gasteiger partial charge in [-0.25, -0.2) is 4.79 Å². The number of benzene rings is 2. The van der Waals surface area contributed by atoms with Crippen LogP contribution in [0, 0.1) is 0 Å². The normalized spacial score (nSPS) is 10.2. The second-order valence-corrected chi connectivity index (χ2v) is 5.38. The van der Waals surface area contributed by atoms with Gasteiger partial charge < -0.3 is 19.5 Å². The Morgan fingerprint density at radius 1 is 1.00 bits per heavy atom. The van der Waals surface area contributed by atoms with E-state index in [1.165, 1.54) is 4.90 Å². The molecule has 25 heavy (non-hydrogen) atoms. The summed E-state index contributed by atoms with van der Waals surface area (Å²) in [6.45, 7) is 1.56. The SMILES string of the molecule is CCc1ccccc1OCC(=O)N(C)c1ccc(OCC(=O)O)cc1. The molecule has 0 aliphatic carbocycles. The Bertz CT molecular complexity index is 727. The minimum absolute atomic E-state index is 0.0647. The van der Waals surface area contributed by atoms with Crippen molar-refractivity contribution in [3.8, 4) is 11.5 Å². The number of carboxylic acid groups (broad SMARTS) is 1. The smallest absolute Gasteiger partial charge is 0.341 e. The predicted molar refractivity (Wildman–Crippen MR) is 94.3 cm³/mol. The number of anilines is 1. The highest BCUT2D eigenvalue weighted by molar-refractivity contribution is 5.93. The minimum Gasteiger partial charge on any atom is -0.483 e. The maximum Gasteiger partial charge on any atom is 0.341 e. The first kappa shape index (κ1) is 18.3. The van der Waals surface area contributed by atoms with Crippen LogP contribution in [0.25, 0.3) is 0 Å². The molecule has 2 aromatic carbocycles. The van der Waals surface area contributed by atoms with Gasteiger partial charge >= 0.3 is 5.97 Å². The Kier molecular flexibility index (Phi) is 6.39. The second kappa shape index (κ2) is 8.73. The van der Waals surface area contributed by atoms with Crippen LogP contribution >= 0.6 is 0 Å². The highest BCUT2D eigenvalue weighted by atomic mass is 16.5. The molecule has 1 N–H and O–H groups in total. The quantitative estimate of drug-likeness (QED) is 0.797. The molecule has 0 bridgehead atoms. The second-order valence-electron chi connectivity index (χ2n) is 5.38. The van der Waals surface area contributed by atoms with Gasteiger partial charge in [0.25, 0.3) is 5.91 Å². The number of carboxylic acids is 1. The van der Waals surface area contributed by atoms with E-state index in [2.05, 4.69) is 0 Å². The third-order valence-electron chi connectivity index (χ3n) is 3.67. The number of hydrogen-bond acceptors (Lipinski definition) is 4. The van der Waals surface area contributed by atoms with E-state index in [0.717, 1.165) is 12.0 Å². The monoisotopic (exact) mass is 343 g/mol. The zero-order valence-corrected chi connectivity index (χ0v) is 14.3. The number of rotatable bonds is 8. The summed E-state index contributed by atoms with van der Waals surface area (Å²) in [4.78, 5) is 24.3. The van der Waals surface area contributed by atoms with Crippen LogP contribution < -0.4 is 14.4 Å². The number of para-hydroxylation sites is 1. The molecule has 0 aliphatic heterocycles. The summed E-state index contributed by atoms with van der Waals surface area (Å²) < 4.78 is 10.7. The molecule has 0 aliphatic rings. The van der Waals surface area contributed by atoms with Crippen molar-refractivity contribution in [3.63, 3.8) is 0 Å². The number of aliphatic carboxylic acids is 1. The van der Waals surface area contributed by atoms with E-state index in [1.54, 1.807) is 31.3 Å². The highest BCUT2D eigenvalue weighted by Crippen LogP contribution is 2.20. The van der Waals surface area contributed by atoms with E-state index in [-0.39, 0.29) is 12.5 Å². The van der Waals surface area contributed by atoms with Crippen molar-refractivity contribution < 1.29 is 24.2 Å². The van der Waals surface area contributed by atoms with Gasteiger partial charge in [0.15, 0.2) is 13.2 Å². The zero-order valence-electron chi connectivity index (χ0n) is 14.3. The Morgan fingerprint density at radius 2 is 1.68 bits per heavy atom. The molecule has 0 spiro atoms. The van der Waals surface area contributed by atoms with E-state index < -0.39 is 12.6 Å². The van der Waals surface area contributed by atoms with Crippen LogP contribution in [-0.2, 0) is 16.0 Å². The summed E-state index contributed by atoms with van der Waals surface area (Å²) in [6, 6.07) is 14.3. The van der Waals surface area contributed by atoms with Crippen LogP contribution in [0.5, 0.6) is 11.5 Å². The lowest BCUT2D eigenvalue weighted by Crippen LogP contribution is -2.31. The summed E-state index contributed by atoms with van der Waals surface area (Å²) in [5.74, 6) is -0.0877. The maximum atomic E-state index is 12.3. The van der Waals surface area contributed by atoms with Gasteiger partial charge in [-0.2, -0.15) is 0 Å². The Hall–Kier alpha value is -3.02. The predicted octanol–water partition coefficient (Wildman–Crippen LogP) is 2.75. The third kappa shape index (κ3) is 5.24. The lowest BCUT2D eigenvalue weighted by molar-refractivity contribution is -0.139. The van der Waals surface area contributed by atoms with Crippen LogP contribution in [-0.4, -0.2) is 37.2 Å². The molecule has 2 aromatic rings. The third-order valence-corrected chi connectivity index (χ3v) is 3.67. The van der Waals surface area contributed by atoms with Gasteiger partial charge in [-0.3, -0.25) is 4.79 Å². The number of amides is 1. The average molecular weight is 343 g/mol. The number of ether oxygens (including phenoxy) is 2. The number of hydrogen-bond donors (Lipinski definition) is 1. The van der Waals surface area contributed by atoms with Gasteiger partial charge in [0.2, 0.25) is 0 Å². The van der Waals surface area contributed by atoms with Gasteiger partial charge in [0.1, 0.15) is 11.5 Å². The first-order valence-corrected chi connectivity index (χ1v) is 7.93. The molecule has 6 heteroatoms. The zero-order chi connectivity index (χ0) is 18.2. The van der Waals surface area contributed by atoms with Gasteiger partial charge in [0, 0.05) is 12.7 Å². The van der Waals surface area contributed by atoms with Crippen LogP contribution in [0.15, 0.2) is 48.5 Å². The summed E-state index contributed by atoms with van der Waals surface area (Å²) in [5, 5.41) is 8.59. The molecule has 2 rings (SSSR count). The van der Waals surface area contributed by atoms with Gasteiger partial charge in [0.05, 0.1) is 0 Å². The number of nitrogens with zero attached hydrogens (tertiary/aromatic N) is 1. The van der Waals surface area contributed by atoms with Gasteiger partial charge in [-0.05, 0) is 42.3 Å². The van der Waals surface area contributed by atoms with Crippen molar-refractivity contribution in [2.45, 2.75) is 13.3 Å². The van der Waals surface area contributed by atoms with Crippen molar-refractivity contribution in [1.29, 1.82) is 0 Å². The van der Waals surface area contributed by atoms with E-state index in [1.807, 2.05) is 31.2 Å². The molecule has 0 radical (unpaired) electrons. The van der Waals surface area contributed by atoms with Crippen molar-refractivity contribution in [3.05, 3.63) is 54.1 Å². The van der Waals surface area contributed by atoms with Crippen LogP contribution in [0.3, 0.4) is 0 Å². The lowest BCUT2D eigenvalue weighted by Gasteiger charge is -2.18. The molecule has 0 unspecified atom stereocenters. The Morgan fingerprint density at radius 3 is 2.32 bits per heavy atom. The highest BCUT2D eigenvalue weighted by Gasteiger charge is 2.13. The first-order valence-electron chi connectivity index (χ1n) is 7.93. The Balaban J connectivity index is 1.94. The maximum absolute atomic E-state index is 12.3. The van der Waals surface area contributed by atoms with E-state index in [4.69, 9.17) is 14.6 Å². The van der Waals surface area contributed by atoms with Crippen molar-refractivity contribution in [1.82, 2.24) is 0 Å². The molecule has 0 aromatic heterocycles. The fourth-order valence-corrected chi connectivity index (χ4v) is 2.23. The fourth-order valence-electron chi connectivity index (χ4n) is 2.23. The molecular formula is C19H21NO5. The molecule has 1 amide bonds. The first-order chi connectivity index (χ1) is 12.0. The Labute approximate surface area is 146 Å². The summed E-state index contributed by atoms with van der Waals surface area (Å²) in [5.41, 5.74) is 1.72. The topological polar surface area (TPSA) is 76.1 Å². The summed E-state index contributed by atoms with van der Waals surface area (Å²) >= 11 is 0. The van der Waals surface area contributed by atoms with E-state index in [0.29, 0.717) is 17.2 Å². The van der Waals surface area contributed by atoms with E-state index in [9.17, 15) is 9.59 Å². The molecule has 0 fully saturated rings. The standard InChI is InChI=1S/C19H21NO5/c1-3-14-6-4-5-7-17(14)25-12-18(21)20(2)15-8-10-16(11-9-15)24-13-19(22)23/h4-11H,3,12-13H2,1-2H3,(H,22,23). The molecule has 132 valence electrons. The number of carbonyl (C=O) groups is 2. The number of aryl methyl sites for hydroxylation is 1. The van der Waals surface area contributed by atoms with Crippen LogP contribution in [0.4, 0.5) is 5.69 Å². The average Bonchev–Trinajstić information content (AvgIpc) is 2.64. The summed E-state index contributed by atoms with van der Waals surface area (Å²) in [6.07, 6.45) is 0.831. The minimum atomic E-state index is -1.04. The van der Waals surface area contributed by atoms with Gasteiger partial charge in [-0.1, -0.05) is 25.1 Å². The van der Waals surface area contributed by atoms with Crippen LogP contribution in [0.1, 0.15) is 12.5 Å². The largest absolute Gasteiger partial charge is 0.483 e. The number of likely N-dealkylation sites (N-methyl/N-ethyl adjacent to an activating group) is 1. The molecule has 0 atom stereocenters. The molecule has 0 saturated heterocycles. The summed E-state index contributed by atoms with van der Waals surface area (Å²) in [7, 11) is 1.66. The molecule has 0 heterocycles. The van der Waals surface area contributed by atoms with E-state index >= 15 is 0 Å². The fraction of sp³-hybridized carbons (Fsp3) is 0.263.